The van der Waals surface area contributed by atoms with E-state index in [9.17, 15) is 9.18 Å². The van der Waals surface area contributed by atoms with Crippen molar-refractivity contribution in [1.82, 2.24) is 15.1 Å². The summed E-state index contributed by atoms with van der Waals surface area (Å²) in [6, 6.07) is 14.0. The van der Waals surface area contributed by atoms with Gasteiger partial charge in [-0.2, -0.15) is 0 Å². The van der Waals surface area contributed by atoms with E-state index >= 15 is 0 Å². The third-order valence-corrected chi connectivity index (χ3v) is 4.50. The van der Waals surface area contributed by atoms with Crippen molar-refractivity contribution in [1.29, 1.82) is 0 Å². The minimum Gasteiger partial charge on any atom is -0.497 e. The SMILES string of the molecule is CCN(Cc1cccc(F)c1)C(=O)NCC(c1ccc(OC)cc1)N(C)C. The molecule has 0 aliphatic rings. The molecule has 0 aromatic heterocycles. The average molecular weight is 373 g/mol. The number of methoxy groups -OCH3 is 1. The van der Waals surface area contributed by atoms with Crippen LogP contribution in [0.1, 0.15) is 24.1 Å². The number of nitrogens with one attached hydrogen (secondary N) is 1. The molecule has 0 radical (unpaired) electrons. The largest absolute Gasteiger partial charge is 0.497 e. The Morgan fingerprint density at radius 3 is 2.44 bits per heavy atom. The Morgan fingerprint density at radius 1 is 1.19 bits per heavy atom. The summed E-state index contributed by atoms with van der Waals surface area (Å²) in [7, 11) is 5.59. The summed E-state index contributed by atoms with van der Waals surface area (Å²) in [5.41, 5.74) is 1.86. The topological polar surface area (TPSA) is 44.8 Å². The third-order valence-electron chi connectivity index (χ3n) is 4.50. The van der Waals surface area contributed by atoms with Gasteiger partial charge in [0.2, 0.25) is 0 Å². The summed E-state index contributed by atoms with van der Waals surface area (Å²) in [5.74, 6) is 0.503. The highest BCUT2D eigenvalue weighted by molar-refractivity contribution is 5.74. The number of hydrogen-bond donors (Lipinski definition) is 1. The van der Waals surface area contributed by atoms with Gasteiger partial charge in [-0.1, -0.05) is 24.3 Å². The van der Waals surface area contributed by atoms with Crippen LogP contribution in [0, 0.1) is 5.82 Å². The minimum atomic E-state index is -0.295. The quantitative estimate of drug-likeness (QED) is 0.768. The zero-order valence-electron chi connectivity index (χ0n) is 16.4. The Kier molecular flexibility index (Phi) is 7.61. The van der Waals surface area contributed by atoms with E-state index in [1.807, 2.05) is 51.4 Å². The lowest BCUT2D eigenvalue weighted by Crippen LogP contribution is -2.42. The van der Waals surface area contributed by atoms with Crippen LogP contribution in [-0.4, -0.2) is 50.1 Å². The van der Waals surface area contributed by atoms with Gasteiger partial charge in [0.25, 0.3) is 0 Å². The molecule has 0 aliphatic heterocycles. The lowest BCUT2D eigenvalue weighted by Gasteiger charge is -2.27. The summed E-state index contributed by atoms with van der Waals surface area (Å²) < 4.78 is 18.6. The van der Waals surface area contributed by atoms with Crippen molar-refractivity contribution in [2.45, 2.75) is 19.5 Å². The normalized spacial score (nSPS) is 11.9. The monoisotopic (exact) mass is 373 g/mol. The molecule has 27 heavy (non-hydrogen) atoms. The van der Waals surface area contributed by atoms with E-state index in [4.69, 9.17) is 4.74 Å². The van der Waals surface area contributed by atoms with Gasteiger partial charge in [0.15, 0.2) is 0 Å². The number of halogens is 1. The standard InChI is InChI=1S/C21H28FN3O2/c1-5-25(15-16-7-6-8-18(22)13-16)21(26)23-14-20(24(2)3)17-9-11-19(27-4)12-10-17/h6-13,20H,5,14-15H2,1-4H3,(H,23,26). The maximum atomic E-state index is 13.4. The van der Waals surface area contributed by atoms with Gasteiger partial charge in [-0.3, -0.25) is 0 Å². The van der Waals surface area contributed by atoms with Gasteiger partial charge in [-0.15, -0.1) is 0 Å². The maximum Gasteiger partial charge on any atom is 0.317 e. The van der Waals surface area contributed by atoms with Gasteiger partial charge < -0.3 is 19.9 Å². The van der Waals surface area contributed by atoms with Crippen LogP contribution in [0.2, 0.25) is 0 Å². The molecule has 2 rings (SSSR count). The van der Waals surface area contributed by atoms with Crippen LogP contribution in [0.25, 0.3) is 0 Å². The van der Waals surface area contributed by atoms with Gasteiger partial charge in [0.1, 0.15) is 11.6 Å². The lowest BCUT2D eigenvalue weighted by atomic mass is 10.1. The highest BCUT2D eigenvalue weighted by Crippen LogP contribution is 2.20. The summed E-state index contributed by atoms with van der Waals surface area (Å²) in [6.45, 7) is 3.29. The first-order valence-corrected chi connectivity index (χ1v) is 9.02. The molecule has 1 N–H and O–H groups in total. The molecule has 0 heterocycles. The molecule has 2 amide bonds. The average Bonchev–Trinajstić information content (AvgIpc) is 2.66. The van der Waals surface area contributed by atoms with Crippen molar-refractivity contribution in [2.75, 3.05) is 34.3 Å². The van der Waals surface area contributed by atoms with Crippen LogP contribution in [0.4, 0.5) is 9.18 Å². The van der Waals surface area contributed by atoms with Crippen LogP contribution in [0.15, 0.2) is 48.5 Å². The predicted molar refractivity (Wildman–Crippen MR) is 105 cm³/mol. The van der Waals surface area contributed by atoms with Gasteiger partial charge in [-0.05, 0) is 56.4 Å². The second-order valence-electron chi connectivity index (χ2n) is 6.58. The first-order chi connectivity index (χ1) is 12.9. The number of ether oxygens (including phenoxy) is 1. The molecule has 146 valence electrons. The Balaban J connectivity index is 2.00. The summed E-state index contributed by atoms with van der Waals surface area (Å²) in [4.78, 5) is 16.3. The second kappa shape index (κ2) is 9.92. The molecule has 1 atom stereocenters. The van der Waals surface area contributed by atoms with Crippen molar-refractivity contribution >= 4 is 6.03 Å². The zero-order valence-corrected chi connectivity index (χ0v) is 16.4. The summed E-state index contributed by atoms with van der Waals surface area (Å²) >= 11 is 0. The van der Waals surface area contributed by atoms with Gasteiger partial charge in [-0.25, -0.2) is 9.18 Å². The minimum absolute atomic E-state index is 0.0349. The van der Waals surface area contributed by atoms with Crippen LogP contribution < -0.4 is 10.1 Å². The second-order valence-corrected chi connectivity index (χ2v) is 6.58. The number of carbonyl (C=O) groups excluding carboxylic acids is 1. The van der Waals surface area contributed by atoms with Crippen molar-refractivity contribution in [2.24, 2.45) is 0 Å². The number of urea groups is 1. The van der Waals surface area contributed by atoms with Gasteiger partial charge in [0.05, 0.1) is 13.2 Å². The van der Waals surface area contributed by atoms with E-state index in [0.29, 0.717) is 19.6 Å². The first kappa shape index (κ1) is 20.7. The number of benzene rings is 2. The Bertz CT molecular complexity index is 734. The van der Waals surface area contributed by atoms with Crippen LogP contribution >= 0.6 is 0 Å². The van der Waals surface area contributed by atoms with E-state index in [-0.39, 0.29) is 17.9 Å². The molecule has 0 saturated heterocycles. The fourth-order valence-electron chi connectivity index (χ4n) is 2.90. The van der Waals surface area contributed by atoms with Crippen molar-refractivity contribution < 1.29 is 13.9 Å². The Hall–Kier alpha value is -2.60. The van der Waals surface area contributed by atoms with Crippen LogP contribution in [-0.2, 0) is 6.54 Å². The molecule has 0 saturated carbocycles. The van der Waals surface area contributed by atoms with Gasteiger partial charge >= 0.3 is 6.03 Å². The molecule has 0 spiro atoms. The van der Waals surface area contributed by atoms with Crippen LogP contribution in [0.3, 0.4) is 0 Å². The molecule has 0 bridgehead atoms. The highest BCUT2D eigenvalue weighted by Gasteiger charge is 2.18. The fraction of sp³-hybridized carbons (Fsp3) is 0.381. The van der Waals surface area contributed by atoms with Crippen molar-refractivity contribution in [3.63, 3.8) is 0 Å². The molecule has 5 nitrogen and oxygen atoms in total. The number of likely N-dealkylation sites (N-methyl/N-ethyl adjacent to an activating group) is 1. The number of amides is 2. The zero-order chi connectivity index (χ0) is 19.8. The van der Waals surface area contributed by atoms with E-state index in [0.717, 1.165) is 16.9 Å². The summed E-state index contributed by atoms with van der Waals surface area (Å²) in [6.07, 6.45) is 0. The van der Waals surface area contributed by atoms with E-state index in [2.05, 4.69) is 10.2 Å². The molecule has 2 aromatic carbocycles. The van der Waals surface area contributed by atoms with E-state index in [1.54, 1.807) is 18.1 Å². The number of nitrogens with zero attached hydrogens (tertiary/aromatic N) is 2. The van der Waals surface area contributed by atoms with Crippen LogP contribution in [0.5, 0.6) is 5.75 Å². The molecule has 0 aliphatic carbocycles. The predicted octanol–water partition coefficient (Wildman–Crippen LogP) is 3.67. The lowest BCUT2D eigenvalue weighted by molar-refractivity contribution is 0.192. The smallest absolute Gasteiger partial charge is 0.317 e. The van der Waals surface area contributed by atoms with Crippen molar-refractivity contribution in [3.8, 4) is 5.75 Å². The third kappa shape index (κ3) is 5.96. The number of hydrogen-bond acceptors (Lipinski definition) is 3. The van der Waals surface area contributed by atoms with E-state index < -0.39 is 0 Å². The molecular weight excluding hydrogens is 345 g/mol. The van der Waals surface area contributed by atoms with E-state index in [1.165, 1.54) is 12.1 Å². The maximum absolute atomic E-state index is 13.4. The van der Waals surface area contributed by atoms with Gasteiger partial charge in [0, 0.05) is 19.6 Å². The molecular formula is C21H28FN3O2. The van der Waals surface area contributed by atoms with Crippen molar-refractivity contribution in [3.05, 3.63) is 65.5 Å². The Morgan fingerprint density at radius 2 is 1.89 bits per heavy atom. The summed E-state index contributed by atoms with van der Waals surface area (Å²) in [5, 5.41) is 3.00. The highest BCUT2D eigenvalue weighted by atomic mass is 19.1. The molecule has 0 fully saturated rings. The fourth-order valence-corrected chi connectivity index (χ4v) is 2.90. The molecule has 6 heteroatoms. The Labute approximate surface area is 160 Å². The number of carbonyl (C=O) groups is 1. The molecule has 2 aromatic rings. The first-order valence-electron chi connectivity index (χ1n) is 9.02. The number of rotatable bonds is 8. The molecule has 1 unspecified atom stereocenters.